The first-order chi connectivity index (χ1) is 27.7. The molecule has 1 N–H and O–H groups in total. The Kier molecular flexibility index (Phi) is 13.7. The number of pyridine rings is 1. The fraction of sp³-hybridized carbons (Fsp3) is 0.222. The Balaban J connectivity index is 0.000000305. The predicted molar refractivity (Wildman–Crippen MR) is 240 cm³/mol. The van der Waals surface area contributed by atoms with E-state index in [-0.39, 0.29) is 43.5 Å². The van der Waals surface area contributed by atoms with E-state index in [1.54, 1.807) is 0 Å². The molecule has 1 heterocycles. The largest absolute Gasteiger partial charge is 0.512 e. The zero-order chi connectivity index (χ0) is 40.1. The second-order valence-electron chi connectivity index (χ2n) is 15.2. The van der Waals surface area contributed by atoms with Crippen LogP contribution in [0.1, 0.15) is 64.5 Å². The molecule has 0 saturated heterocycles. The van der Waals surface area contributed by atoms with Gasteiger partial charge in [0.25, 0.3) is 0 Å². The van der Waals surface area contributed by atoms with Crippen LogP contribution in [0.15, 0.2) is 145 Å². The molecule has 1 radical (unpaired) electrons. The van der Waals surface area contributed by atoms with Crippen molar-refractivity contribution in [2.24, 2.45) is 11.8 Å². The first-order valence-electron chi connectivity index (χ1n) is 20.5. The molecule has 0 bridgehead atoms. The number of aliphatic hydroxyl groups is 1. The van der Waals surface area contributed by atoms with E-state index in [1.807, 2.05) is 33.9 Å². The number of ketones is 1. The van der Waals surface area contributed by atoms with Gasteiger partial charge in [-0.15, -0.1) is 34.9 Å². The number of aromatic nitrogens is 1. The summed E-state index contributed by atoms with van der Waals surface area (Å²) in [6.07, 6.45) is 6.82. The number of nitrogens with zero attached hydrogens (tertiary/aromatic N) is 1. The van der Waals surface area contributed by atoms with Crippen LogP contribution in [0.3, 0.4) is 0 Å². The first-order valence-corrected chi connectivity index (χ1v) is 20.5. The molecule has 0 aliphatic heterocycles. The average Bonchev–Trinajstić information content (AvgIpc) is 3.23. The van der Waals surface area contributed by atoms with E-state index in [4.69, 9.17) is 4.98 Å². The molecule has 1 aliphatic carbocycles. The minimum absolute atomic E-state index is 0. The van der Waals surface area contributed by atoms with Crippen LogP contribution < -0.4 is 0 Å². The molecule has 0 saturated carbocycles. The van der Waals surface area contributed by atoms with Crippen LogP contribution in [0.2, 0.25) is 0 Å². The predicted octanol–water partition coefficient (Wildman–Crippen LogP) is 14.8. The minimum atomic E-state index is 0. The van der Waals surface area contributed by atoms with Crippen molar-refractivity contribution in [1.82, 2.24) is 4.98 Å². The molecule has 295 valence electrons. The summed E-state index contributed by atoms with van der Waals surface area (Å²) in [4.78, 5) is 16.5. The van der Waals surface area contributed by atoms with Gasteiger partial charge in [0.05, 0.1) is 5.76 Å². The van der Waals surface area contributed by atoms with Gasteiger partial charge >= 0.3 is 0 Å². The zero-order valence-corrected chi connectivity index (χ0v) is 36.8. The quantitative estimate of drug-likeness (QED) is 0.0891. The Labute approximate surface area is 358 Å². The van der Waals surface area contributed by atoms with Gasteiger partial charge in [0.15, 0.2) is 5.78 Å². The number of aryl methyl sites for hydroxylation is 2. The molecule has 1 aliphatic rings. The maximum absolute atomic E-state index is 11.7. The molecule has 4 heteroatoms. The normalized spacial score (nSPS) is 11.6. The second kappa shape index (κ2) is 18.9. The standard InChI is InChI=1S/C41H28N.C13H24O2.Ir/c1-26-21-27(2)23-31(22-26)41-32-17-15-28(24-30(32)19-20-42-41)29-16-18-39-37-13-6-5-11-35(37)33-9-3-4-10-34(33)36-12-7-8-14-38(36)40(39)25-29;1-5-10(6-2)12(14)9-13(15)11(7-3)8-4;/h3-22,24-25H,1-2H3;9-11,14H,5-8H2,1-4H3;/q-1;;/b;12-9-;. The molecule has 7 aromatic rings. The van der Waals surface area contributed by atoms with Crippen molar-refractivity contribution in [3.05, 3.63) is 163 Å². The van der Waals surface area contributed by atoms with E-state index in [1.165, 1.54) is 72.7 Å². The van der Waals surface area contributed by atoms with E-state index in [9.17, 15) is 9.90 Å². The number of allylic oxidation sites excluding steroid dienone is 2. The van der Waals surface area contributed by atoms with E-state index in [2.05, 4.69) is 147 Å². The number of hydrogen-bond acceptors (Lipinski definition) is 3. The van der Waals surface area contributed by atoms with E-state index < -0.39 is 0 Å². The molecule has 58 heavy (non-hydrogen) atoms. The van der Waals surface area contributed by atoms with Crippen molar-refractivity contribution in [3.8, 4) is 66.9 Å². The van der Waals surface area contributed by atoms with Gasteiger partial charge < -0.3 is 10.1 Å². The number of rotatable bonds is 9. The molecule has 8 rings (SSSR count). The van der Waals surface area contributed by atoms with Crippen LogP contribution in [0, 0.1) is 31.7 Å². The third kappa shape index (κ3) is 8.70. The fourth-order valence-corrected chi connectivity index (χ4v) is 8.41. The smallest absolute Gasteiger partial charge is 0.162 e. The van der Waals surface area contributed by atoms with Gasteiger partial charge in [-0.2, -0.15) is 0 Å². The molecule has 0 unspecified atom stereocenters. The number of carbonyl (C=O) groups is 1. The molecule has 0 atom stereocenters. The van der Waals surface area contributed by atoms with Crippen LogP contribution in [0.25, 0.3) is 77.7 Å². The molecule has 0 spiro atoms. The van der Waals surface area contributed by atoms with Crippen LogP contribution in [-0.4, -0.2) is 15.9 Å². The Morgan fingerprint density at radius 2 is 1.09 bits per heavy atom. The van der Waals surface area contributed by atoms with Crippen LogP contribution >= 0.6 is 0 Å². The van der Waals surface area contributed by atoms with Gasteiger partial charge in [-0.1, -0.05) is 139 Å². The second-order valence-corrected chi connectivity index (χ2v) is 15.2. The van der Waals surface area contributed by atoms with Crippen LogP contribution in [0.5, 0.6) is 0 Å². The summed E-state index contributed by atoms with van der Waals surface area (Å²) in [7, 11) is 0. The Morgan fingerprint density at radius 1 is 0.603 bits per heavy atom. The number of fused-ring (bicyclic) bond motifs is 9. The zero-order valence-electron chi connectivity index (χ0n) is 34.4. The van der Waals surface area contributed by atoms with Gasteiger partial charge in [-0.05, 0) is 116 Å². The Hall–Kier alpha value is -5.41. The number of hydrogen-bond donors (Lipinski definition) is 1. The van der Waals surface area contributed by atoms with Crippen molar-refractivity contribution < 1.29 is 30.0 Å². The van der Waals surface area contributed by atoms with Crippen molar-refractivity contribution >= 4 is 16.6 Å². The molecule has 6 aromatic carbocycles. The third-order valence-corrected chi connectivity index (χ3v) is 11.5. The SMILES string of the molecule is CCC(CC)C(=O)/C=C(\O)C(CC)CC.Cc1[c-]c(-c2nccc3cc(-c4ccc5c(c4)-c4ccccc4-c4ccccc4-c4ccccc4-5)ccc23)cc(C)c1.[Ir]. The Morgan fingerprint density at radius 3 is 1.60 bits per heavy atom. The first kappa shape index (κ1) is 42.2. The van der Waals surface area contributed by atoms with Gasteiger partial charge in [-0.25, -0.2) is 0 Å². The van der Waals surface area contributed by atoms with Crippen molar-refractivity contribution in [3.63, 3.8) is 0 Å². The van der Waals surface area contributed by atoms with Crippen LogP contribution in [0.4, 0.5) is 0 Å². The average molecular weight is 939 g/mol. The molecule has 3 nitrogen and oxygen atoms in total. The minimum Gasteiger partial charge on any atom is -0.512 e. The van der Waals surface area contributed by atoms with E-state index >= 15 is 0 Å². The maximum Gasteiger partial charge on any atom is 0.162 e. The summed E-state index contributed by atoms with van der Waals surface area (Å²) in [5.41, 5.74) is 16.9. The fourth-order valence-electron chi connectivity index (χ4n) is 8.41. The third-order valence-electron chi connectivity index (χ3n) is 11.5. The van der Waals surface area contributed by atoms with Crippen LogP contribution in [-0.2, 0) is 24.9 Å². The molecule has 1 aromatic heterocycles. The van der Waals surface area contributed by atoms with Gasteiger partial charge in [0.2, 0.25) is 0 Å². The monoisotopic (exact) mass is 939 g/mol. The molecule has 0 fully saturated rings. The topological polar surface area (TPSA) is 50.2 Å². The van der Waals surface area contributed by atoms with Crippen molar-refractivity contribution in [1.29, 1.82) is 0 Å². The summed E-state index contributed by atoms with van der Waals surface area (Å²) < 4.78 is 0. The molecular weight excluding hydrogens is 887 g/mol. The number of aliphatic hydroxyl groups excluding tert-OH is 1. The van der Waals surface area contributed by atoms with E-state index in [0.717, 1.165) is 47.9 Å². The van der Waals surface area contributed by atoms with Gasteiger partial charge in [0, 0.05) is 44.2 Å². The Bertz CT molecular complexity index is 2570. The molecule has 0 amide bonds. The summed E-state index contributed by atoms with van der Waals surface area (Å²) in [5.74, 6) is 0.547. The van der Waals surface area contributed by atoms with Crippen molar-refractivity contribution in [2.75, 3.05) is 0 Å². The summed E-state index contributed by atoms with van der Waals surface area (Å²) in [5, 5.41) is 12.1. The van der Waals surface area contributed by atoms with Gasteiger partial charge in [0.1, 0.15) is 0 Å². The summed E-state index contributed by atoms with van der Waals surface area (Å²) >= 11 is 0. The summed E-state index contributed by atoms with van der Waals surface area (Å²) in [6, 6.07) is 50.1. The van der Waals surface area contributed by atoms with E-state index in [0.29, 0.717) is 0 Å². The number of benzene rings is 6. The van der Waals surface area contributed by atoms with Gasteiger partial charge in [-0.3, -0.25) is 4.79 Å². The molecular formula is C54H52IrNO2-. The summed E-state index contributed by atoms with van der Waals surface area (Å²) in [6.45, 7) is 12.3. The number of carbonyl (C=O) groups excluding carboxylic acids is 1. The maximum atomic E-state index is 11.7. The van der Waals surface area contributed by atoms with Crippen molar-refractivity contribution in [2.45, 2.75) is 67.2 Å².